The highest BCUT2D eigenvalue weighted by molar-refractivity contribution is 7.89. The van der Waals surface area contributed by atoms with Crippen LogP contribution in [0.4, 0.5) is 4.79 Å². The van der Waals surface area contributed by atoms with Crippen LogP contribution in [0.5, 0.6) is 11.5 Å². The third-order valence-electron chi connectivity index (χ3n) is 9.14. The van der Waals surface area contributed by atoms with Gasteiger partial charge in [0.15, 0.2) is 12.6 Å². The second-order valence-corrected chi connectivity index (χ2v) is 16.5. The summed E-state index contributed by atoms with van der Waals surface area (Å²) >= 11 is 0. The first-order valence-corrected chi connectivity index (χ1v) is 20.7. The molecule has 4 rings (SSSR count). The molecule has 2 fully saturated rings. The first-order chi connectivity index (χ1) is 24.4. The summed E-state index contributed by atoms with van der Waals surface area (Å²) in [7, 11) is -5.98. The van der Waals surface area contributed by atoms with Gasteiger partial charge in [-0.2, -0.15) is 4.31 Å². The molecule has 2 N–H and O–H groups in total. The highest BCUT2D eigenvalue weighted by atomic mass is 32.2. The number of fused-ring (bicyclic) bond motifs is 1. The fourth-order valence-corrected chi connectivity index (χ4v) is 8.98. The van der Waals surface area contributed by atoms with Gasteiger partial charge in [-0.1, -0.05) is 38.8 Å². The van der Waals surface area contributed by atoms with Crippen LogP contribution < -0.4 is 14.8 Å². The number of hydrogen-bond donors (Lipinski definition) is 2. The highest BCUT2D eigenvalue weighted by Crippen LogP contribution is 2.47. The standard InChI is InChI=1S/C35H53N2O12PS/c1-6-25(7-2)21-37(51(41,42)29-16-14-27(43-5)15-17-29)22-32(38)31(36-35(39)49-33-23-45-34-30(33)18-19-44-34)20-26-10-12-28(13-11-26)46-24-50(40,47-8-3)48-9-4/h10-17,25,30-34,38H,6-9,18-24H2,1-5H3,(H,36,39)/t30-,31-,32+,33-,34+/m0/s1. The molecule has 2 aliphatic heterocycles. The number of aliphatic hydroxyl groups is 1. The summed E-state index contributed by atoms with van der Waals surface area (Å²) in [5.41, 5.74) is 0.711. The Morgan fingerprint density at radius 1 is 0.980 bits per heavy atom. The van der Waals surface area contributed by atoms with Crippen LogP contribution in [0.2, 0.25) is 0 Å². The number of nitrogens with one attached hydrogen (secondary N) is 1. The Bertz CT molecular complexity index is 1510. The van der Waals surface area contributed by atoms with Crippen LogP contribution in [0.25, 0.3) is 0 Å². The van der Waals surface area contributed by atoms with E-state index in [1.165, 1.54) is 23.5 Å². The summed E-state index contributed by atoms with van der Waals surface area (Å²) < 4.78 is 80.6. The molecule has 0 radical (unpaired) electrons. The van der Waals surface area contributed by atoms with Crippen molar-refractivity contribution >= 4 is 23.7 Å². The third kappa shape index (κ3) is 11.4. The van der Waals surface area contributed by atoms with E-state index < -0.39 is 48.3 Å². The van der Waals surface area contributed by atoms with E-state index in [0.29, 0.717) is 30.1 Å². The Morgan fingerprint density at radius 2 is 1.63 bits per heavy atom. The molecule has 0 saturated carbocycles. The van der Waals surface area contributed by atoms with Crippen molar-refractivity contribution in [2.24, 2.45) is 11.8 Å². The van der Waals surface area contributed by atoms with Crippen LogP contribution in [-0.2, 0) is 44.3 Å². The van der Waals surface area contributed by atoms with Crippen LogP contribution in [0.3, 0.4) is 0 Å². The lowest BCUT2D eigenvalue weighted by Crippen LogP contribution is -2.52. The Hall–Kier alpha value is -2.75. The molecule has 286 valence electrons. The lowest BCUT2D eigenvalue weighted by molar-refractivity contribution is -0.0907. The average Bonchev–Trinajstić information content (AvgIpc) is 3.75. The normalized spacial score (nSPS) is 20.3. The minimum Gasteiger partial charge on any atom is -0.497 e. The van der Waals surface area contributed by atoms with Gasteiger partial charge in [0, 0.05) is 13.1 Å². The number of amides is 1. The van der Waals surface area contributed by atoms with Gasteiger partial charge < -0.3 is 43.2 Å². The number of methoxy groups -OCH3 is 1. The summed E-state index contributed by atoms with van der Waals surface area (Å²) in [4.78, 5) is 13.4. The molecule has 0 bridgehead atoms. The van der Waals surface area contributed by atoms with Gasteiger partial charge in [0.1, 0.15) is 17.6 Å². The van der Waals surface area contributed by atoms with E-state index in [2.05, 4.69) is 5.32 Å². The molecule has 5 atom stereocenters. The number of alkyl carbamates (subject to hydrolysis) is 1. The van der Waals surface area contributed by atoms with Crippen LogP contribution in [0.15, 0.2) is 53.4 Å². The van der Waals surface area contributed by atoms with Gasteiger partial charge in [-0.25, -0.2) is 13.2 Å². The number of rotatable bonds is 21. The molecule has 0 unspecified atom stereocenters. The van der Waals surface area contributed by atoms with E-state index >= 15 is 0 Å². The largest absolute Gasteiger partial charge is 0.497 e. The van der Waals surface area contributed by atoms with Gasteiger partial charge >= 0.3 is 13.7 Å². The predicted octanol–water partition coefficient (Wildman–Crippen LogP) is 5.18. The molecule has 2 aromatic carbocycles. The summed E-state index contributed by atoms with van der Waals surface area (Å²) in [5, 5.41) is 14.6. The molecule has 2 heterocycles. The zero-order chi connectivity index (χ0) is 37.0. The summed E-state index contributed by atoms with van der Waals surface area (Å²) in [6.07, 6.45) is -0.982. The molecular weight excluding hydrogens is 703 g/mol. The van der Waals surface area contributed by atoms with Crippen LogP contribution in [0, 0.1) is 11.8 Å². The summed E-state index contributed by atoms with van der Waals surface area (Å²) in [5.74, 6) is 0.885. The van der Waals surface area contributed by atoms with Crippen molar-refractivity contribution in [3.63, 3.8) is 0 Å². The first-order valence-electron chi connectivity index (χ1n) is 17.6. The van der Waals surface area contributed by atoms with Crippen molar-refractivity contribution in [1.82, 2.24) is 9.62 Å². The number of carbonyl (C=O) groups excluding carboxylic acids is 1. The minimum atomic E-state index is -4.05. The van der Waals surface area contributed by atoms with Gasteiger partial charge in [-0.15, -0.1) is 0 Å². The monoisotopic (exact) mass is 756 g/mol. The summed E-state index contributed by atoms with van der Waals surface area (Å²) in [6, 6.07) is 12.0. The number of aliphatic hydroxyl groups excluding tert-OH is 1. The van der Waals surface area contributed by atoms with E-state index in [4.69, 9.17) is 32.7 Å². The van der Waals surface area contributed by atoms with Crippen LogP contribution >= 0.6 is 7.60 Å². The number of nitrogens with zero attached hydrogens (tertiary/aromatic N) is 1. The number of carbonyl (C=O) groups is 1. The number of hydrogen-bond acceptors (Lipinski definition) is 12. The average molecular weight is 757 g/mol. The molecule has 0 spiro atoms. The second kappa shape index (κ2) is 19.4. The van der Waals surface area contributed by atoms with E-state index in [1.54, 1.807) is 50.2 Å². The number of ether oxygens (including phenoxy) is 5. The quantitative estimate of drug-likeness (QED) is 0.160. The SMILES string of the molecule is CCOP(=O)(COc1ccc(C[C@H](NC(=O)O[C@H]2CO[C@H]3OCC[C@H]32)[C@H](O)CN(CC(CC)CC)S(=O)(=O)c2ccc(OC)cc2)cc1)OCC. The van der Waals surface area contributed by atoms with E-state index in [1.807, 2.05) is 13.8 Å². The van der Waals surface area contributed by atoms with Gasteiger partial charge in [0.25, 0.3) is 0 Å². The Kier molecular flexibility index (Phi) is 15.6. The van der Waals surface area contributed by atoms with Crippen molar-refractivity contribution in [1.29, 1.82) is 0 Å². The van der Waals surface area contributed by atoms with Gasteiger partial charge in [0.2, 0.25) is 10.0 Å². The third-order valence-corrected chi connectivity index (χ3v) is 12.7. The lowest BCUT2D eigenvalue weighted by Gasteiger charge is -2.31. The number of benzene rings is 2. The molecule has 2 aromatic rings. The van der Waals surface area contributed by atoms with Crippen molar-refractivity contribution < 1.29 is 55.6 Å². The molecule has 2 aliphatic rings. The van der Waals surface area contributed by atoms with Crippen LogP contribution in [0.1, 0.15) is 52.5 Å². The highest BCUT2D eigenvalue weighted by Gasteiger charge is 2.44. The van der Waals surface area contributed by atoms with Gasteiger partial charge in [-0.3, -0.25) is 4.57 Å². The topological polar surface area (TPSA) is 168 Å². The Labute approximate surface area is 301 Å². The van der Waals surface area contributed by atoms with Crippen molar-refractivity contribution in [2.45, 2.75) is 82.8 Å². The fourth-order valence-electron chi connectivity index (χ4n) is 6.13. The van der Waals surface area contributed by atoms with Crippen molar-refractivity contribution in [3.05, 3.63) is 54.1 Å². The van der Waals surface area contributed by atoms with Gasteiger partial charge in [-0.05, 0) is 74.6 Å². The zero-order valence-electron chi connectivity index (χ0n) is 30.1. The molecule has 0 aliphatic carbocycles. The number of sulfonamides is 1. The Morgan fingerprint density at radius 3 is 2.24 bits per heavy atom. The summed E-state index contributed by atoms with van der Waals surface area (Å²) in [6.45, 7) is 8.44. The maximum Gasteiger partial charge on any atom is 0.407 e. The molecule has 1 amide bonds. The fraction of sp³-hybridized carbons (Fsp3) is 0.629. The van der Waals surface area contributed by atoms with Crippen molar-refractivity contribution in [3.8, 4) is 11.5 Å². The molecule has 0 aromatic heterocycles. The smallest absolute Gasteiger partial charge is 0.407 e. The second-order valence-electron chi connectivity index (χ2n) is 12.5. The Balaban J connectivity index is 1.55. The maximum absolute atomic E-state index is 14.0. The predicted molar refractivity (Wildman–Crippen MR) is 189 cm³/mol. The van der Waals surface area contributed by atoms with Gasteiger partial charge in [0.05, 0.1) is 56.5 Å². The maximum atomic E-state index is 14.0. The van der Waals surface area contributed by atoms with E-state index in [0.717, 1.165) is 12.8 Å². The first kappa shape index (κ1) is 41.0. The minimum absolute atomic E-state index is 0.0406. The van der Waals surface area contributed by atoms with Crippen molar-refractivity contribution in [2.75, 3.05) is 53.0 Å². The molecule has 14 nitrogen and oxygen atoms in total. The zero-order valence-corrected chi connectivity index (χ0v) is 31.8. The molecule has 16 heteroatoms. The lowest BCUT2D eigenvalue weighted by atomic mass is 10.00. The molecule has 2 saturated heterocycles. The van der Waals surface area contributed by atoms with Crippen LogP contribution in [-0.4, -0.2) is 101 Å². The van der Waals surface area contributed by atoms with E-state index in [-0.39, 0.29) is 62.4 Å². The molecule has 51 heavy (non-hydrogen) atoms. The van der Waals surface area contributed by atoms with E-state index in [9.17, 15) is 22.9 Å². The molecular formula is C35H53N2O12PS.